The molecule has 1 amide bonds. The Balaban J connectivity index is 4.52. The van der Waals surface area contributed by atoms with Gasteiger partial charge in [0.15, 0.2) is 0 Å². The van der Waals surface area contributed by atoms with Crippen LogP contribution in [0.3, 0.4) is 0 Å². The van der Waals surface area contributed by atoms with E-state index in [1.165, 1.54) is 225 Å². The van der Waals surface area contributed by atoms with Gasteiger partial charge in [0.25, 0.3) is 0 Å². The number of allylic oxidation sites excluding steroid dienone is 6. The van der Waals surface area contributed by atoms with Crippen molar-refractivity contribution in [3.63, 3.8) is 0 Å². The third-order valence-electron chi connectivity index (χ3n) is 14.2. The van der Waals surface area contributed by atoms with Crippen LogP contribution in [0.25, 0.3) is 0 Å². The third kappa shape index (κ3) is 52.2. The molecule has 0 aliphatic carbocycles. The van der Waals surface area contributed by atoms with E-state index >= 15 is 0 Å². The van der Waals surface area contributed by atoms with E-state index in [9.17, 15) is 19.8 Å². The second kappa shape index (κ2) is 57.0. The minimum absolute atomic E-state index is 0.0472. The van der Waals surface area contributed by atoms with Crippen LogP contribution in [0.4, 0.5) is 0 Å². The molecule has 0 aliphatic heterocycles. The summed E-state index contributed by atoms with van der Waals surface area (Å²) in [5, 5.41) is 23.9. The lowest BCUT2D eigenvalue weighted by Gasteiger charge is -2.24. The molecule has 0 saturated heterocycles. The zero-order valence-corrected chi connectivity index (χ0v) is 46.5. The van der Waals surface area contributed by atoms with E-state index in [1.807, 2.05) is 0 Å². The normalized spacial score (nSPS) is 13.3. The number of carbonyl (C=O) groups excluding carboxylic acids is 2. The molecule has 0 fully saturated rings. The number of esters is 1. The number of ether oxygens (including phenoxy) is 1. The number of carbonyl (C=O) groups is 2. The SMILES string of the molecule is CCCCCCCC/C=C/CCCCCCCCCCCC(=O)OC(CCC/C=C/C=C/CCCCCCCCC)CC(=O)NC(CO)C(O)CCCCCCCCCCCCCCCCCCC. The van der Waals surface area contributed by atoms with Gasteiger partial charge in [-0.2, -0.15) is 0 Å². The van der Waals surface area contributed by atoms with E-state index in [0.29, 0.717) is 19.3 Å². The zero-order valence-electron chi connectivity index (χ0n) is 46.5. The van der Waals surface area contributed by atoms with Gasteiger partial charge in [0.1, 0.15) is 6.10 Å². The van der Waals surface area contributed by atoms with E-state index in [1.54, 1.807) is 0 Å². The van der Waals surface area contributed by atoms with Crippen LogP contribution in [0.2, 0.25) is 0 Å². The molecule has 0 aromatic carbocycles. The highest BCUT2D eigenvalue weighted by atomic mass is 16.5. The number of nitrogens with one attached hydrogen (secondary N) is 1. The quantitative estimate of drug-likeness (QED) is 0.0244. The fourth-order valence-electron chi connectivity index (χ4n) is 9.54. The van der Waals surface area contributed by atoms with Crippen LogP contribution >= 0.6 is 0 Å². The van der Waals surface area contributed by atoms with Gasteiger partial charge in [0.05, 0.1) is 25.2 Å². The van der Waals surface area contributed by atoms with E-state index in [0.717, 1.165) is 57.8 Å². The summed E-state index contributed by atoms with van der Waals surface area (Å²) in [5.41, 5.74) is 0. The molecular weight excluding hydrogens is 851 g/mol. The summed E-state index contributed by atoms with van der Waals surface area (Å²) >= 11 is 0. The van der Waals surface area contributed by atoms with E-state index in [2.05, 4.69) is 62.5 Å². The number of aliphatic hydroxyl groups is 2. The summed E-state index contributed by atoms with van der Waals surface area (Å²) in [6.45, 7) is 6.50. The maximum Gasteiger partial charge on any atom is 0.306 e. The first-order valence-electron chi connectivity index (χ1n) is 30.7. The summed E-state index contributed by atoms with van der Waals surface area (Å²) in [4.78, 5) is 26.3. The molecule has 0 bridgehead atoms. The minimum Gasteiger partial charge on any atom is -0.462 e. The number of amides is 1. The molecule has 0 rings (SSSR count). The first-order valence-corrected chi connectivity index (χ1v) is 30.7. The second-order valence-electron chi connectivity index (χ2n) is 21.1. The average molecular weight is 971 g/mol. The molecule has 6 nitrogen and oxygen atoms in total. The molecule has 3 unspecified atom stereocenters. The Bertz CT molecular complexity index is 1130. The molecular formula is C63H119NO5. The molecule has 0 aromatic heterocycles. The standard InChI is InChI=1S/C63H119NO5/c1-4-7-10-13-16-19-22-25-28-30-31-33-35-38-41-44-47-50-53-56-63(68)69-59(54-51-48-45-42-39-36-27-24-21-18-15-12-9-6-3)57-62(67)64-60(58-65)61(66)55-52-49-46-43-40-37-34-32-29-26-23-20-17-14-11-8-5-2/h25,28,36,39,42,45,59-61,65-66H,4-24,26-27,29-35,37-38,40-41,43-44,46-58H2,1-3H3,(H,64,67)/b28-25+,39-36+,45-42+. The zero-order chi connectivity index (χ0) is 50.2. The van der Waals surface area contributed by atoms with E-state index in [4.69, 9.17) is 4.74 Å². The van der Waals surface area contributed by atoms with E-state index in [-0.39, 0.29) is 24.9 Å². The van der Waals surface area contributed by atoms with Crippen molar-refractivity contribution in [1.82, 2.24) is 5.32 Å². The van der Waals surface area contributed by atoms with Crippen molar-refractivity contribution in [2.45, 2.75) is 347 Å². The molecule has 0 saturated carbocycles. The molecule has 0 radical (unpaired) electrons. The van der Waals surface area contributed by atoms with Gasteiger partial charge in [0, 0.05) is 6.42 Å². The van der Waals surface area contributed by atoms with Crippen LogP contribution < -0.4 is 5.32 Å². The summed E-state index contributed by atoms with van der Waals surface area (Å²) in [7, 11) is 0. The molecule has 3 atom stereocenters. The lowest BCUT2D eigenvalue weighted by atomic mass is 10.0. The predicted molar refractivity (Wildman–Crippen MR) is 301 cm³/mol. The number of rotatable bonds is 56. The van der Waals surface area contributed by atoms with Crippen molar-refractivity contribution < 1.29 is 24.5 Å². The van der Waals surface area contributed by atoms with Gasteiger partial charge in [-0.3, -0.25) is 9.59 Å². The Labute approximate surface area is 430 Å². The van der Waals surface area contributed by atoms with Crippen LogP contribution in [0.15, 0.2) is 36.5 Å². The fraction of sp³-hybridized carbons (Fsp3) is 0.873. The lowest BCUT2D eigenvalue weighted by Crippen LogP contribution is -2.46. The van der Waals surface area contributed by atoms with Crippen molar-refractivity contribution in [1.29, 1.82) is 0 Å². The Kier molecular flexibility index (Phi) is 55.4. The van der Waals surface area contributed by atoms with Gasteiger partial charge in [-0.15, -0.1) is 0 Å². The van der Waals surface area contributed by atoms with Crippen LogP contribution in [-0.4, -0.2) is 46.9 Å². The molecule has 406 valence electrons. The number of hydrogen-bond acceptors (Lipinski definition) is 5. The van der Waals surface area contributed by atoms with Crippen molar-refractivity contribution in [3.8, 4) is 0 Å². The predicted octanol–water partition coefficient (Wildman–Crippen LogP) is 19.2. The largest absolute Gasteiger partial charge is 0.462 e. The summed E-state index contributed by atoms with van der Waals surface area (Å²) < 4.78 is 5.95. The van der Waals surface area contributed by atoms with Gasteiger partial charge in [-0.05, 0) is 70.6 Å². The van der Waals surface area contributed by atoms with Crippen LogP contribution in [0.1, 0.15) is 329 Å². The molecule has 0 spiro atoms. The topological polar surface area (TPSA) is 95.9 Å². The van der Waals surface area contributed by atoms with Crippen LogP contribution in [-0.2, 0) is 14.3 Å². The van der Waals surface area contributed by atoms with Gasteiger partial charge in [-0.25, -0.2) is 0 Å². The first kappa shape index (κ1) is 67.1. The van der Waals surface area contributed by atoms with Gasteiger partial charge < -0.3 is 20.3 Å². The summed E-state index contributed by atoms with van der Waals surface area (Å²) in [5.74, 6) is -0.507. The monoisotopic (exact) mass is 970 g/mol. The molecule has 0 aromatic rings. The minimum atomic E-state index is -0.799. The Morgan fingerprint density at radius 3 is 1.14 bits per heavy atom. The van der Waals surface area contributed by atoms with Crippen molar-refractivity contribution in [2.75, 3.05) is 6.61 Å². The van der Waals surface area contributed by atoms with Gasteiger partial charge in [0.2, 0.25) is 5.91 Å². The maximum atomic E-state index is 13.3. The third-order valence-corrected chi connectivity index (χ3v) is 14.2. The van der Waals surface area contributed by atoms with Crippen LogP contribution in [0.5, 0.6) is 0 Å². The number of unbranched alkanes of at least 4 members (excludes halogenated alkanes) is 39. The van der Waals surface area contributed by atoms with Crippen molar-refractivity contribution >= 4 is 11.9 Å². The maximum absolute atomic E-state index is 13.3. The molecule has 6 heteroatoms. The molecule has 69 heavy (non-hydrogen) atoms. The highest BCUT2D eigenvalue weighted by Crippen LogP contribution is 2.18. The number of hydrogen-bond donors (Lipinski definition) is 3. The van der Waals surface area contributed by atoms with Crippen LogP contribution in [0, 0.1) is 0 Å². The highest BCUT2D eigenvalue weighted by Gasteiger charge is 2.24. The fourth-order valence-corrected chi connectivity index (χ4v) is 9.54. The second-order valence-corrected chi connectivity index (χ2v) is 21.1. The highest BCUT2D eigenvalue weighted by molar-refractivity contribution is 5.77. The summed E-state index contributed by atoms with van der Waals surface area (Å²) in [6.07, 6.45) is 69.4. The lowest BCUT2D eigenvalue weighted by molar-refractivity contribution is -0.151. The first-order chi connectivity index (χ1) is 34.0. The smallest absolute Gasteiger partial charge is 0.306 e. The number of aliphatic hydroxyl groups excluding tert-OH is 2. The van der Waals surface area contributed by atoms with E-state index < -0.39 is 18.2 Å². The molecule has 0 aliphatic rings. The molecule has 0 heterocycles. The van der Waals surface area contributed by atoms with Crippen molar-refractivity contribution in [2.24, 2.45) is 0 Å². The molecule has 3 N–H and O–H groups in total. The summed E-state index contributed by atoms with van der Waals surface area (Å²) in [6, 6.07) is -0.715. The Hall–Kier alpha value is -1.92. The Morgan fingerprint density at radius 2 is 0.754 bits per heavy atom. The van der Waals surface area contributed by atoms with Crippen molar-refractivity contribution in [3.05, 3.63) is 36.5 Å². The Morgan fingerprint density at radius 1 is 0.420 bits per heavy atom. The van der Waals surface area contributed by atoms with Gasteiger partial charge >= 0.3 is 5.97 Å². The average Bonchev–Trinajstić information content (AvgIpc) is 3.34. The van der Waals surface area contributed by atoms with Gasteiger partial charge in [-0.1, -0.05) is 282 Å².